The second kappa shape index (κ2) is 11.0. The highest BCUT2D eigenvalue weighted by Crippen LogP contribution is 2.42. The van der Waals surface area contributed by atoms with Gasteiger partial charge in [0.2, 0.25) is 5.91 Å². The number of anilines is 1. The van der Waals surface area contributed by atoms with Crippen LogP contribution in [0.3, 0.4) is 0 Å². The van der Waals surface area contributed by atoms with Gasteiger partial charge in [-0.1, -0.05) is 39.3 Å². The third-order valence-corrected chi connectivity index (χ3v) is 5.36. The zero-order valence-corrected chi connectivity index (χ0v) is 18.2. The van der Waals surface area contributed by atoms with E-state index >= 15 is 0 Å². The first kappa shape index (κ1) is 22.9. The van der Waals surface area contributed by atoms with E-state index in [1.807, 2.05) is 13.8 Å². The van der Waals surface area contributed by atoms with E-state index in [0.717, 1.165) is 23.2 Å². The number of rotatable bonds is 5. The lowest BCUT2D eigenvalue weighted by Crippen LogP contribution is -2.28. The number of aryl methyl sites for hydroxylation is 1. The average molecular weight is 418 g/mol. The van der Waals surface area contributed by atoms with Crippen molar-refractivity contribution in [3.63, 3.8) is 0 Å². The van der Waals surface area contributed by atoms with Crippen LogP contribution >= 0.6 is 11.8 Å². The van der Waals surface area contributed by atoms with Crippen LogP contribution in [0.25, 0.3) is 0 Å². The molecule has 1 amide bonds. The van der Waals surface area contributed by atoms with E-state index in [1.165, 1.54) is 30.3 Å². The van der Waals surface area contributed by atoms with Crippen molar-refractivity contribution in [2.24, 2.45) is 0 Å². The Labute approximate surface area is 176 Å². The van der Waals surface area contributed by atoms with Gasteiger partial charge >= 0.3 is 5.97 Å². The van der Waals surface area contributed by atoms with Crippen molar-refractivity contribution in [2.75, 3.05) is 17.3 Å². The normalized spacial score (nSPS) is 15.7. The van der Waals surface area contributed by atoms with Crippen molar-refractivity contribution in [1.29, 1.82) is 0 Å². The summed E-state index contributed by atoms with van der Waals surface area (Å²) in [5.41, 5.74) is 2.91. The Hall–Kier alpha value is -2.34. The van der Waals surface area contributed by atoms with Gasteiger partial charge in [0.25, 0.3) is 0 Å². The van der Waals surface area contributed by atoms with E-state index in [1.54, 1.807) is 35.2 Å². The summed E-state index contributed by atoms with van der Waals surface area (Å²) in [6.07, 6.45) is 2.02. The number of halogens is 1. The van der Waals surface area contributed by atoms with E-state index in [-0.39, 0.29) is 23.1 Å². The molecule has 0 spiro atoms. The summed E-state index contributed by atoms with van der Waals surface area (Å²) in [5.74, 6) is -0.310. The summed E-state index contributed by atoms with van der Waals surface area (Å²) in [5, 5.41) is -0.209. The van der Waals surface area contributed by atoms with Crippen LogP contribution in [0.5, 0.6) is 0 Å². The van der Waals surface area contributed by atoms with E-state index in [0.29, 0.717) is 17.9 Å². The maximum atomic E-state index is 13.2. The van der Waals surface area contributed by atoms with Gasteiger partial charge in [-0.25, -0.2) is 9.18 Å². The number of nitrogens with zero attached hydrogens (tertiary/aromatic N) is 1. The SMILES string of the molecule is CCC.CCCOC(=O)c1ccc(N2C(=O)CSC2c2ccc(F)cc2)c(C)c1. The second-order valence-electron chi connectivity index (χ2n) is 6.82. The Bertz CT molecular complexity index is 839. The molecule has 1 saturated heterocycles. The molecular formula is C23H28FNO3S. The molecule has 6 heteroatoms. The molecule has 0 bridgehead atoms. The molecule has 4 nitrogen and oxygen atoms in total. The van der Waals surface area contributed by atoms with Crippen LogP contribution in [0.2, 0.25) is 0 Å². The zero-order chi connectivity index (χ0) is 21.4. The van der Waals surface area contributed by atoms with Gasteiger partial charge in [-0.05, 0) is 54.8 Å². The predicted octanol–water partition coefficient (Wildman–Crippen LogP) is 5.90. The number of ether oxygens (including phenoxy) is 1. The smallest absolute Gasteiger partial charge is 0.338 e. The van der Waals surface area contributed by atoms with Gasteiger partial charge in [-0.15, -0.1) is 11.8 Å². The molecule has 0 radical (unpaired) electrons. The molecular weight excluding hydrogens is 389 g/mol. The lowest BCUT2D eigenvalue weighted by atomic mass is 10.1. The average Bonchev–Trinajstić information content (AvgIpc) is 3.08. The van der Waals surface area contributed by atoms with Gasteiger partial charge < -0.3 is 4.74 Å². The Balaban J connectivity index is 0.000000941. The molecule has 1 aliphatic rings. The summed E-state index contributed by atoms with van der Waals surface area (Å²) < 4.78 is 18.4. The highest BCUT2D eigenvalue weighted by atomic mass is 32.2. The number of carbonyl (C=O) groups is 2. The highest BCUT2D eigenvalue weighted by molar-refractivity contribution is 8.00. The Morgan fingerprint density at radius 3 is 2.41 bits per heavy atom. The molecule has 0 saturated carbocycles. The summed E-state index contributed by atoms with van der Waals surface area (Å²) in [4.78, 5) is 26.2. The summed E-state index contributed by atoms with van der Waals surface area (Å²) in [6, 6.07) is 11.4. The molecule has 156 valence electrons. The van der Waals surface area contributed by atoms with Crippen molar-refractivity contribution in [3.8, 4) is 0 Å². The number of esters is 1. The monoisotopic (exact) mass is 417 g/mol. The lowest BCUT2D eigenvalue weighted by molar-refractivity contribution is -0.115. The number of hydrogen-bond donors (Lipinski definition) is 0. The van der Waals surface area contributed by atoms with Gasteiger partial charge in [0, 0.05) is 5.69 Å². The van der Waals surface area contributed by atoms with Crippen LogP contribution in [0, 0.1) is 12.7 Å². The first-order valence-corrected chi connectivity index (χ1v) is 10.9. The van der Waals surface area contributed by atoms with Crippen LogP contribution in [0.1, 0.15) is 60.5 Å². The Morgan fingerprint density at radius 2 is 1.83 bits per heavy atom. The molecule has 0 aliphatic carbocycles. The Kier molecular flexibility index (Phi) is 8.70. The molecule has 0 aromatic heterocycles. The minimum Gasteiger partial charge on any atom is -0.462 e. The van der Waals surface area contributed by atoms with E-state index in [9.17, 15) is 14.0 Å². The molecule has 3 rings (SSSR count). The van der Waals surface area contributed by atoms with Crippen molar-refractivity contribution >= 4 is 29.3 Å². The summed E-state index contributed by atoms with van der Waals surface area (Å²) >= 11 is 1.50. The fourth-order valence-corrected chi connectivity index (χ4v) is 4.06. The quantitative estimate of drug-likeness (QED) is 0.569. The van der Waals surface area contributed by atoms with E-state index in [4.69, 9.17) is 4.74 Å². The van der Waals surface area contributed by atoms with Crippen LogP contribution in [-0.2, 0) is 9.53 Å². The summed E-state index contributed by atoms with van der Waals surface area (Å²) in [6.45, 7) is 8.44. The molecule has 1 heterocycles. The van der Waals surface area contributed by atoms with Gasteiger partial charge in [-0.2, -0.15) is 0 Å². The van der Waals surface area contributed by atoms with Crippen LogP contribution in [-0.4, -0.2) is 24.2 Å². The molecule has 29 heavy (non-hydrogen) atoms. The van der Waals surface area contributed by atoms with Gasteiger partial charge in [0.05, 0.1) is 17.9 Å². The first-order chi connectivity index (χ1) is 13.9. The minimum absolute atomic E-state index is 0.00580. The molecule has 1 unspecified atom stereocenters. The minimum atomic E-state index is -0.362. The van der Waals surface area contributed by atoms with Gasteiger partial charge in [0.15, 0.2) is 0 Å². The van der Waals surface area contributed by atoms with Crippen molar-refractivity contribution in [2.45, 2.75) is 45.9 Å². The van der Waals surface area contributed by atoms with E-state index < -0.39 is 0 Å². The molecule has 2 aromatic carbocycles. The maximum Gasteiger partial charge on any atom is 0.338 e. The number of thioether (sulfide) groups is 1. The predicted molar refractivity (Wildman–Crippen MR) is 117 cm³/mol. The van der Waals surface area contributed by atoms with Crippen molar-refractivity contribution in [3.05, 3.63) is 65.0 Å². The summed E-state index contributed by atoms with van der Waals surface area (Å²) in [7, 11) is 0. The second-order valence-corrected chi connectivity index (χ2v) is 7.89. The topological polar surface area (TPSA) is 46.6 Å². The molecule has 0 N–H and O–H groups in total. The molecule has 2 aromatic rings. The van der Waals surface area contributed by atoms with Gasteiger partial charge in [-0.3, -0.25) is 9.69 Å². The zero-order valence-electron chi connectivity index (χ0n) is 17.4. The van der Waals surface area contributed by atoms with Gasteiger partial charge in [0.1, 0.15) is 11.2 Å². The third-order valence-electron chi connectivity index (χ3n) is 4.15. The van der Waals surface area contributed by atoms with Crippen LogP contribution in [0.4, 0.5) is 10.1 Å². The maximum absolute atomic E-state index is 13.2. The number of amides is 1. The standard InChI is InChI=1S/C20H20FNO3S.C3H8/c1-3-10-25-20(24)15-6-9-17(13(2)11-15)22-18(23)12-26-19(22)14-4-7-16(21)8-5-14;1-3-2/h4-9,11,19H,3,10,12H2,1-2H3;3H2,1-2H3. The molecule has 1 atom stereocenters. The molecule has 1 aliphatic heterocycles. The van der Waals surface area contributed by atoms with Crippen molar-refractivity contribution < 1.29 is 18.7 Å². The first-order valence-electron chi connectivity index (χ1n) is 9.89. The lowest BCUT2D eigenvalue weighted by Gasteiger charge is -2.26. The Morgan fingerprint density at radius 1 is 1.17 bits per heavy atom. The number of hydrogen-bond acceptors (Lipinski definition) is 4. The third kappa shape index (κ3) is 5.82. The molecule has 1 fully saturated rings. The number of benzene rings is 2. The van der Waals surface area contributed by atoms with Crippen LogP contribution in [0.15, 0.2) is 42.5 Å². The van der Waals surface area contributed by atoms with E-state index in [2.05, 4.69) is 13.8 Å². The highest BCUT2D eigenvalue weighted by Gasteiger charge is 2.34. The fraction of sp³-hybridized carbons (Fsp3) is 0.391. The fourth-order valence-electron chi connectivity index (χ4n) is 2.89. The van der Waals surface area contributed by atoms with Crippen molar-refractivity contribution in [1.82, 2.24) is 0 Å². The number of carbonyl (C=O) groups excluding carboxylic acids is 2. The largest absolute Gasteiger partial charge is 0.462 e. The van der Waals surface area contributed by atoms with Crippen LogP contribution < -0.4 is 4.90 Å².